The van der Waals surface area contributed by atoms with Crippen LogP contribution >= 0.6 is 12.4 Å². The molecule has 2 saturated heterocycles. The van der Waals surface area contributed by atoms with E-state index in [0.29, 0.717) is 41.6 Å². The third-order valence-corrected chi connectivity index (χ3v) is 5.23. The average Bonchev–Trinajstić information content (AvgIpc) is 2.95. The summed E-state index contributed by atoms with van der Waals surface area (Å²) < 4.78 is 19.1. The Hall–Kier alpha value is -2.11. The van der Waals surface area contributed by atoms with Gasteiger partial charge in [-0.3, -0.25) is 4.79 Å². The van der Waals surface area contributed by atoms with E-state index in [9.17, 15) is 9.18 Å². The van der Waals surface area contributed by atoms with E-state index in [1.165, 1.54) is 25.0 Å². The van der Waals surface area contributed by atoms with E-state index in [1.54, 1.807) is 24.3 Å². The zero-order chi connectivity index (χ0) is 17.9. The Kier molecular flexibility index (Phi) is 6.34. The summed E-state index contributed by atoms with van der Waals surface area (Å²) in [6.07, 6.45) is 5.14. The van der Waals surface area contributed by atoms with E-state index in [0.717, 1.165) is 12.8 Å². The van der Waals surface area contributed by atoms with Gasteiger partial charge in [0.25, 0.3) is 0 Å². The number of halogens is 2. The first-order chi connectivity index (χ1) is 12.7. The van der Waals surface area contributed by atoms with Crippen molar-refractivity contribution in [3.8, 4) is 11.5 Å². The Balaban J connectivity index is 0.00000210. The molecule has 2 bridgehead atoms. The Bertz CT molecular complexity index is 789. The van der Waals surface area contributed by atoms with Crippen molar-refractivity contribution in [1.82, 2.24) is 5.32 Å². The van der Waals surface area contributed by atoms with E-state index >= 15 is 0 Å². The van der Waals surface area contributed by atoms with Crippen molar-refractivity contribution in [1.29, 1.82) is 0 Å². The van der Waals surface area contributed by atoms with Crippen LogP contribution in [0.1, 0.15) is 32.1 Å². The molecule has 2 aromatic rings. The molecular formula is C21H24ClFN2O2. The topological polar surface area (TPSA) is 50.4 Å². The maximum Gasteiger partial charge on any atom is 0.224 e. The first-order valence-electron chi connectivity index (χ1n) is 9.24. The summed E-state index contributed by atoms with van der Waals surface area (Å²) in [5, 5.41) is 6.57. The third kappa shape index (κ3) is 4.99. The Morgan fingerprint density at radius 3 is 2.59 bits per heavy atom. The molecule has 2 fully saturated rings. The molecular weight excluding hydrogens is 367 g/mol. The number of hydrogen-bond acceptors (Lipinski definition) is 3. The minimum Gasteiger partial charge on any atom is -0.455 e. The van der Waals surface area contributed by atoms with E-state index in [-0.39, 0.29) is 24.1 Å². The number of hydrogen-bond donors (Lipinski definition) is 2. The van der Waals surface area contributed by atoms with Gasteiger partial charge in [-0.15, -0.1) is 12.4 Å². The highest BCUT2D eigenvalue weighted by Gasteiger charge is 2.34. The van der Waals surface area contributed by atoms with Crippen molar-refractivity contribution in [2.24, 2.45) is 5.92 Å². The molecule has 0 aromatic heterocycles. The van der Waals surface area contributed by atoms with Gasteiger partial charge < -0.3 is 15.4 Å². The molecule has 0 saturated carbocycles. The summed E-state index contributed by atoms with van der Waals surface area (Å²) in [7, 11) is 0. The minimum absolute atomic E-state index is 0. The van der Waals surface area contributed by atoms with Gasteiger partial charge in [-0.2, -0.15) is 0 Å². The monoisotopic (exact) mass is 390 g/mol. The van der Waals surface area contributed by atoms with Crippen LogP contribution in [0, 0.1) is 11.7 Å². The quantitative estimate of drug-likeness (QED) is 0.763. The van der Waals surface area contributed by atoms with Crippen LogP contribution in [0.4, 0.5) is 10.1 Å². The van der Waals surface area contributed by atoms with Crippen LogP contribution in [-0.2, 0) is 4.79 Å². The van der Waals surface area contributed by atoms with Crippen molar-refractivity contribution >= 4 is 24.0 Å². The van der Waals surface area contributed by atoms with Crippen molar-refractivity contribution < 1.29 is 13.9 Å². The number of carbonyl (C=O) groups excluding carboxylic acids is 1. The van der Waals surface area contributed by atoms with Gasteiger partial charge in [-0.25, -0.2) is 4.39 Å². The first kappa shape index (κ1) is 19.6. The summed E-state index contributed by atoms with van der Waals surface area (Å²) in [6, 6.07) is 14.4. The average molecular weight is 391 g/mol. The number of benzene rings is 2. The van der Waals surface area contributed by atoms with Crippen molar-refractivity contribution in [2.75, 3.05) is 5.32 Å². The second kappa shape index (κ2) is 8.72. The lowest BCUT2D eigenvalue weighted by Crippen LogP contribution is -2.39. The second-order valence-electron chi connectivity index (χ2n) is 7.28. The fourth-order valence-corrected chi connectivity index (χ4v) is 4.12. The van der Waals surface area contributed by atoms with Crippen molar-refractivity contribution in [2.45, 2.75) is 44.2 Å². The summed E-state index contributed by atoms with van der Waals surface area (Å²) in [4.78, 5) is 12.5. The second-order valence-corrected chi connectivity index (χ2v) is 7.28. The van der Waals surface area contributed by atoms with Gasteiger partial charge in [0, 0.05) is 24.6 Å². The SMILES string of the molecule is Cl.O=C(CC1CC2CCC(C1)N2)Nc1ccccc1Oc1cccc(F)c1. The molecule has 2 aliphatic heterocycles. The zero-order valence-electron chi connectivity index (χ0n) is 15.0. The molecule has 1 amide bonds. The lowest BCUT2D eigenvalue weighted by molar-refractivity contribution is -0.117. The van der Waals surface area contributed by atoms with Crippen molar-refractivity contribution in [3.05, 3.63) is 54.3 Å². The van der Waals surface area contributed by atoms with Crippen LogP contribution < -0.4 is 15.4 Å². The molecule has 0 spiro atoms. The smallest absolute Gasteiger partial charge is 0.224 e. The molecule has 2 aliphatic rings. The van der Waals surface area contributed by atoms with Gasteiger partial charge >= 0.3 is 0 Å². The number of carbonyl (C=O) groups is 1. The van der Waals surface area contributed by atoms with Crippen LogP contribution in [0.5, 0.6) is 11.5 Å². The number of nitrogens with one attached hydrogen (secondary N) is 2. The zero-order valence-corrected chi connectivity index (χ0v) is 15.8. The fraction of sp³-hybridized carbons (Fsp3) is 0.381. The van der Waals surface area contributed by atoms with Crippen LogP contribution in [-0.4, -0.2) is 18.0 Å². The molecule has 2 atom stereocenters. The van der Waals surface area contributed by atoms with Crippen LogP contribution in [0.3, 0.4) is 0 Å². The molecule has 0 radical (unpaired) electrons. The Morgan fingerprint density at radius 2 is 1.85 bits per heavy atom. The number of rotatable bonds is 5. The van der Waals surface area contributed by atoms with Gasteiger partial charge in [0.15, 0.2) is 5.75 Å². The normalized spacial score (nSPS) is 23.4. The number of fused-ring (bicyclic) bond motifs is 2. The van der Waals surface area contributed by atoms with E-state index in [1.807, 2.05) is 12.1 Å². The van der Waals surface area contributed by atoms with Crippen LogP contribution in [0.25, 0.3) is 0 Å². The van der Waals surface area contributed by atoms with Crippen molar-refractivity contribution in [3.63, 3.8) is 0 Å². The molecule has 6 heteroatoms. The number of para-hydroxylation sites is 2. The largest absolute Gasteiger partial charge is 0.455 e. The van der Waals surface area contributed by atoms with E-state index in [2.05, 4.69) is 10.6 Å². The summed E-state index contributed by atoms with van der Waals surface area (Å²) in [5.74, 6) is 1.000. The predicted molar refractivity (Wildman–Crippen MR) is 106 cm³/mol. The molecule has 2 aromatic carbocycles. The Labute approximate surface area is 164 Å². The third-order valence-electron chi connectivity index (χ3n) is 5.23. The van der Waals surface area contributed by atoms with Gasteiger partial charge in [0.2, 0.25) is 5.91 Å². The number of anilines is 1. The number of amides is 1. The first-order valence-corrected chi connectivity index (χ1v) is 9.24. The summed E-state index contributed by atoms with van der Waals surface area (Å²) in [6.45, 7) is 0. The highest BCUT2D eigenvalue weighted by atomic mass is 35.5. The molecule has 144 valence electrons. The van der Waals surface area contributed by atoms with Crippen LogP contribution in [0.15, 0.2) is 48.5 Å². The minimum atomic E-state index is -0.357. The molecule has 2 heterocycles. The maximum atomic E-state index is 13.4. The van der Waals surface area contributed by atoms with Gasteiger partial charge in [0.1, 0.15) is 11.6 Å². The summed E-state index contributed by atoms with van der Waals surface area (Å²) in [5.41, 5.74) is 0.610. The molecule has 27 heavy (non-hydrogen) atoms. The standard InChI is InChI=1S/C21H23FN2O2.ClH/c22-15-4-3-5-18(13-15)26-20-7-2-1-6-19(20)24-21(25)12-14-10-16-8-9-17(11-14)23-16;/h1-7,13-14,16-17,23H,8-12H2,(H,24,25);1H. The van der Waals surface area contributed by atoms with Gasteiger partial charge in [-0.1, -0.05) is 18.2 Å². The molecule has 2 N–H and O–H groups in total. The fourth-order valence-electron chi connectivity index (χ4n) is 4.12. The van der Waals surface area contributed by atoms with E-state index in [4.69, 9.17) is 4.74 Å². The van der Waals surface area contributed by atoms with Gasteiger partial charge in [-0.05, 0) is 55.9 Å². The maximum absolute atomic E-state index is 13.4. The van der Waals surface area contributed by atoms with Crippen LogP contribution in [0.2, 0.25) is 0 Å². The lowest BCUT2D eigenvalue weighted by atomic mass is 9.89. The molecule has 2 unspecified atom stereocenters. The highest BCUT2D eigenvalue weighted by Crippen LogP contribution is 2.34. The number of ether oxygens (including phenoxy) is 1. The predicted octanol–water partition coefficient (Wildman–Crippen LogP) is 4.90. The molecule has 4 rings (SSSR count). The lowest BCUT2D eigenvalue weighted by Gasteiger charge is -2.28. The molecule has 0 aliphatic carbocycles. The van der Waals surface area contributed by atoms with E-state index < -0.39 is 0 Å². The highest BCUT2D eigenvalue weighted by molar-refractivity contribution is 5.92. The number of piperidine rings is 1. The molecule has 4 nitrogen and oxygen atoms in total. The summed E-state index contributed by atoms with van der Waals surface area (Å²) >= 11 is 0. The van der Waals surface area contributed by atoms with Gasteiger partial charge in [0.05, 0.1) is 5.69 Å². The Morgan fingerprint density at radius 1 is 1.11 bits per heavy atom.